The van der Waals surface area contributed by atoms with Crippen LogP contribution in [-0.4, -0.2) is 45.5 Å². The average molecular weight is 508 g/mol. The maximum Gasteiger partial charge on any atom is 0.243 e. The first-order valence-electron chi connectivity index (χ1n) is 11.0. The number of halogens is 2. The molecule has 3 amide bonds. The molecule has 0 bridgehead atoms. The van der Waals surface area contributed by atoms with E-state index in [4.69, 9.17) is 11.6 Å². The van der Waals surface area contributed by atoms with Gasteiger partial charge in [-0.15, -0.1) is 0 Å². The van der Waals surface area contributed by atoms with Crippen molar-refractivity contribution in [2.75, 3.05) is 21.7 Å². The number of nitrogens with one attached hydrogen (secondary N) is 2. The van der Waals surface area contributed by atoms with E-state index in [1.165, 1.54) is 29.2 Å². The van der Waals surface area contributed by atoms with Gasteiger partial charge in [0.15, 0.2) is 0 Å². The molecule has 0 heterocycles. The fourth-order valence-corrected chi connectivity index (χ4v) is 4.84. The highest BCUT2D eigenvalue weighted by molar-refractivity contribution is 7.86. The molecule has 10 heteroatoms. The molecule has 2 aromatic carbocycles. The first kappa shape index (κ1) is 25.8. The highest BCUT2D eigenvalue weighted by Crippen LogP contribution is 2.22. The second kappa shape index (κ2) is 12.1. The molecular weight excluding hydrogens is 481 g/mol. The zero-order valence-corrected chi connectivity index (χ0v) is 20.3. The van der Waals surface area contributed by atoms with Crippen molar-refractivity contribution in [1.82, 2.24) is 5.32 Å². The lowest BCUT2D eigenvalue weighted by Gasteiger charge is -2.29. The minimum atomic E-state index is -1.83. The Hall–Kier alpha value is -2.78. The third kappa shape index (κ3) is 7.36. The van der Waals surface area contributed by atoms with Gasteiger partial charge in [0.25, 0.3) is 0 Å². The molecule has 2 unspecified atom stereocenters. The number of benzene rings is 2. The Kier molecular flexibility index (Phi) is 9.18. The van der Waals surface area contributed by atoms with Crippen LogP contribution in [0.1, 0.15) is 32.6 Å². The van der Waals surface area contributed by atoms with E-state index in [2.05, 4.69) is 10.6 Å². The van der Waals surface area contributed by atoms with Crippen LogP contribution in [0.5, 0.6) is 0 Å². The number of amides is 3. The van der Waals surface area contributed by atoms with Gasteiger partial charge in [0.2, 0.25) is 17.7 Å². The van der Waals surface area contributed by atoms with Crippen LogP contribution in [0.2, 0.25) is 5.02 Å². The molecule has 182 valence electrons. The number of rotatable bonds is 9. The third-order valence-corrected chi connectivity index (χ3v) is 6.95. The van der Waals surface area contributed by atoms with Gasteiger partial charge in [-0.1, -0.05) is 24.4 Å². The molecule has 1 aliphatic carbocycles. The van der Waals surface area contributed by atoms with Crippen LogP contribution in [-0.2, 0) is 25.2 Å². The lowest BCUT2D eigenvalue weighted by atomic mass is 10.1. The smallest absolute Gasteiger partial charge is 0.243 e. The first-order valence-corrected chi connectivity index (χ1v) is 12.9. The van der Waals surface area contributed by atoms with E-state index in [0.29, 0.717) is 16.4 Å². The van der Waals surface area contributed by atoms with E-state index >= 15 is 0 Å². The normalized spacial score (nSPS) is 15.4. The van der Waals surface area contributed by atoms with Gasteiger partial charge in [-0.25, -0.2) is 4.39 Å². The summed E-state index contributed by atoms with van der Waals surface area (Å²) >= 11 is 5.97. The van der Waals surface area contributed by atoms with Crippen molar-refractivity contribution in [3.05, 3.63) is 59.4 Å². The molecule has 2 atom stereocenters. The summed E-state index contributed by atoms with van der Waals surface area (Å²) in [7, 11) is -1.83. The minimum Gasteiger partial charge on any atom is -0.352 e. The highest BCUT2D eigenvalue weighted by atomic mass is 35.5. The predicted molar refractivity (Wildman–Crippen MR) is 132 cm³/mol. The Balaban J connectivity index is 1.66. The van der Waals surface area contributed by atoms with E-state index in [1.54, 1.807) is 31.2 Å². The molecular formula is C24H27ClFN3O4S. The van der Waals surface area contributed by atoms with Crippen molar-refractivity contribution < 1.29 is 23.0 Å². The molecule has 3 rings (SSSR count). The monoisotopic (exact) mass is 507 g/mol. The Morgan fingerprint density at radius 3 is 2.29 bits per heavy atom. The largest absolute Gasteiger partial charge is 0.352 e. The Bertz CT molecular complexity index is 1040. The standard InChI is InChI=1S/C24H27ClFN3O4S/c1-16(24(32)28-19-4-2-3-5-19)29(21-12-6-17(25)7-13-21)23(31)15-34(33)14-22(30)27-20-10-8-18(26)9-11-20/h6-13,16,19H,2-5,14-15H2,1H3,(H,27,30)(H,28,32). The van der Waals surface area contributed by atoms with Crippen LogP contribution in [0.15, 0.2) is 48.5 Å². The lowest BCUT2D eigenvalue weighted by Crippen LogP contribution is -2.51. The summed E-state index contributed by atoms with van der Waals surface area (Å²) in [5.74, 6) is -2.72. The van der Waals surface area contributed by atoms with Crippen LogP contribution < -0.4 is 15.5 Å². The van der Waals surface area contributed by atoms with Crippen molar-refractivity contribution >= 4 is 51.5 Å². The number of nitrogens with zero attached hydrogens (tertiary/aromatic N) is 1. The Morgan fingerprint density at radius 1 is 1.06 bits per heavy atom. The van der Waals surface area contributed by atoms with Crippen molar-refractivity contribution in [3.63, 3.8) is 0 Å². The fourth-order valence-electron chi connectivity index (χ4n) is 3.83. The maximum atomic E-state index is 13.1. The van der Waals surface area contributed by atoms with Gasteiger partial charge < -0.3 is 10.6 Å². The molecule has 2 aromatic rings. The van der Waals surface area contributed by atoms with Gasteiger partial charge in [0, 0.05) is 33.2 Å². The molecule has 0 aromatic heterocycles. The molecule has 0 saturated heterocycles. The number of carbonyl (C=O) groups excluding carboxylic acids is 3. The number of hydrogen-bond acceptors (Lipinski definition) is 4. The topological polar surface area (TPSA) is 95.6 Å². The highest BCUT2D eigenvalue weighted by Gasteiger charge is 2.30. The summed E-state index contributed by atoms with van der Waals surface area (Å²) in [4.78, 5) is 39.5. The summed E-state index contributed by atoms with van der Waals surface area (Å²) in [5, 5.41) is 5.98. The van der Waals surface area contributed by atoms with Crippen molar-refractivity contribution in [2.24, 2.45) is 0 Å². The number of carbonyl (C=O) groups is 3. The average Bonchev–Trinajstić information content (AvgIpc) is 3.29. The predicted octanol–water partition coefficient (Wildman–Crippen LogP) is 3.65. The van der Waals surface area contributed by atoms with Crippen LogP contribution in [0, 0.1) is 5.82 Å². The maximum absolute atomic E-state index is 13.1. The molecule has 1 aliphatic rings. The van der Waals surface area contributed by atoms with Gasteiger partial charge in [-0.2, -0.15) is 0 Å². The Morgan fingerprint density at radius 2 is 1.68 bits per heavy atom. The zero-order valence-electron chi connectivity index (χ0n) is 18.8. The van der Waals surface area contributed by atoms with Crippen molar-refractivity contribution in [3.8, 4) is 0 Å². The van der Waals surface area contributed by atoms with E-state index in [9.17, 15) is 23.0 Å². The molecule has 0 spiro atoms. The SMILES string of the molecule is CC(C(=O)NC1CCCC1)N(C(=O)CS(=O)CC(=O)Nc1ccc(F)cc1)c1ccc(Cl)cc1. The van der Waals surface area contributed by atoms with E-state index in [1.807, 2.05) is 0 Å². The summed E-state index contributed by atoms with van der Waals surface area (Å²) in [5.41, 5.74) is 0.797. The summed E-state index contributed by atoms with van der Waals surface area (Å²) < 4.78 is 25.6. The molecule has 7 nitrogen and oxygen atoms in total. The van der Waals surface area contributed by atoms with Gasteiger partial charge in [0.05, 0.1) is 0 Å². The minimum absolute atomic E-state index is 0.0846. The lowest BCUT2D eigenvalue weighted by molar-refractivity contribution is -0.125. The van der Waals surface area contributed by atoms with Crippen molar-refractivity contribution in [2.45, 2.75) is 44.7 Å². The molecule has 1 fully saturated rings. The number of hydrogen-bond donors (Lipinski definition) is 2. The summed E-state index contributed by atoms with van der Waals surface area (Å²) in [6, 6.07) is 10.8. The first-order chi connectivity index (χ1) is 16.2. The van der Waals surface area contributed by atoms with Crippen LogP contribution >= 0.6 is 11.6 Å². The summed E-state index contributed by atoms with van der Waals surface area (Å²) in [6.45, 7) is 1.61. The molecule has 2 N–H and O–H groups in total. The van der Waals surface area contributed by atoms with Gasteiger partial charge in [-0.3, -0.25) is 23.5 Å². The second-order valence-electron chi connectivity index (χ2n) is 8.19. The van der Waals surface area contributed by atoms with Crippen LogP contribution in [0.3, 0.4) is 0 Å². The third-order valence-electron chi connectivity index (χ3n) is 5.55. The summed E-state index contributed by atoms with van der Waals surface area (Å²) in [6.07, 6.45) is 3.91. The molecule has 0 aliphatic heterocycles. The van der Waals surface area contributed by atoms with Gasteiger partial charge in [-0.05, 0) is 68.3 Å². The van der Waals surface area contributed by atoms with Crippen LogP contribution in [0.4, 0.5) is 15.8 Å². The molecule has 1 saturated carbocycles. The van der Waals surface area contributed by atoms with Gasteiger partial charge >= 0.3 is 0 Å². The Labute approximate surface area is 205 Å². The van der Waals surface area contributed by atoms with Gasteiger partial charge in [0.1, 0.15) is 23.4 Å². The molecule has 34 heavy (non-hydrogen) atoms. The zero-order chi connectivity index (χ0) is 24.7. The van der Waals surface area contributed by atoms with E-state index < -0.39 is 46.0 Å². The molecule has 0 radical (unpaired) electrons. The van der Waals surface area contributed by atoms with Crippen LogP contribution in [0.25, 0.3) is 0 Å². The second-order valence-corrected chi connectivity index (χ2v) is 10.1. The quantitative estimate of drug-likeness (QED) is 0.541. The number of anilines is 2. The van der Waals surface area contributed by atoms with E-state index in [0.717, 1.165) is 25.7 Å². The van der Waals surface area contributed by atoms with Crippen molar-refractivity contribution in [1.29, 1.82) is 0 Å². The fraction of sp³-hybridized carbons (Fsp3) is 0.375. The van der Waals surface area contributed by atoms with E-state index in [-0.39, 0.29) is 11.9 Å².